The Labute approximate surface area is 146 Å². The van der Waals surface area contributed by atoms with Crippen LogP contribution in [0.2, 0.25) is 0 Å². The lowest BCUT2D eigenvalue weighted by atomic mass is 10.1. The summed E-state index contributed by atoms with van der Waals surface area (Å²) in [6.07, 6.45) is -0.0411. The normalized spacial score (nSPS) is 17.8. The van der Waals surface area contributed by atoms with Gasteiger partial charge in [0.05, 0.1) is 30.5 Å². The smallest absolute Gasteiger partial charge is 0.250 e. The molecule has 6 nitrogen and oxygen atoms in total. The number of hydrogen-bond donors (Lipinski definition) is 2. The minimum Gasteiger partial charge on any atom is -0.371 e. The number of amides is 2. The minimum atomic E-state index is -0.564. The third-order valence-corrected chi connectivity index (χ3v) is 4.16. The van der Waals surface area contributed by atoms with Crippen molar-refractivity contribution in [2.45, 2.75) is 6.10 Å². The highest BCUT2D eigenvalue weighted by Crippen LogP contribution is 2.22. The van der Waals surface area contributed by atoms with Crippen LogP contribution in [0.1, 0.15) is 22.0 Å². The van der Waals surface area contributed by atoms with Gasteiger partial charge in [-0.2, -0.15) is 0 Å². The number of morpholine rings is 1. The number of rotatable bonds is 5. The summed E-state index contributed by atoms with van der Waals surface area (Å²) < 4.78 is 5.81. The van der Waals surface area contributed by atoms with Gasteiger partial charge < -0.3 is 15.8 Å². The van der Waals surface area contributed by atoms with E-state index in [-0.39, 0.29) is 18.6 Å². The first-order valence-corrected chi connectivity index (χ1v) is 8.21. The number of carbonyl (C=O) groups is 2. The third-order valence-electron chi connectivity index (χ3n) is 4.16. The Bertz CT molecular complexity index is 749. The fraction of sp³-hybridized carbons (Fsp3) is 0.263. The summed E-state index contributed by atoms with van der Waals surface area (Å²) in [5, 5.41) is 2.77. The van der Waals surface area contributed by atoms with Crippen molar-refractivity contribution in [2.24, 2.45) is 5.73 Å². The number of ether oxygens (including phenoxy) is 1. The number of carbonyl (C=O) groups excluding carboxylic acids is 2. The molecule has 130 valence electrons. The number of benzene rings is 2. The van der Waals surface area contributed by atoms with E-state index in [9.17, 15) is 9.59 Å². The van der Waals surface area contributed by atoms with Crippen LogP contribution in [0.25, 0.3) is 0 Å². The van der Waals surface area contributed by atoms with Gasteiger partial charge in [-0.1, -0.05) is 42.5 Å². The van der Waals surface area contributed by atoms with Crippen molar-refractivity contribution in [3.05, 3.63) is 65.7 Å². The molecule has 1 aliphatic rings. The molecule has 0 aromatic heterocycles. The lowest BCUT2D eigenvalue weighted by Gasteiger charge is -2.32. The van der Waals surface area contributed by atoms with Crippen LogP contribution < -0.4 is 11.1 Å². The van der Waals surface area contributed by atoms with Crippen LogP contribution in [0.4, 0.5) is 5.69 Å². The number of nitrogens with two attached hydrogens (primary N) is 1. The Morgan fingerprint density at radius 1 is 1.12 bits per heavy atom. The SMILES string of the molecule is NC(=O)c1ccccc1NC(=O)CN1CCOC(c2ccccc2)C1. The lowest BCUT2D eigenvalue weighted by Crippen LogP contribution is -2.42. The maximum Gasteiger partial charge on any atom is 0.250 e. The van der Waals surface area contributed by atoms with Crippen molar-refractivity contribution < 1.29 is 14.3 Å². The molecule has 1 aliphatic heterocycles. The van der Waals surface area contributed by atoms with Gasteiger partial charge in [-0.3, -0.25) is 14.5 Å². The molecule has 1 atom stereocenters. The van der Waals surface area contributed by atoms with Crippen LogP contribution >= 0.6 is 0 Å². The van der Waals surface area contributed by atoms with Gasteiger partial charge in [0, 0.05) is 13.1 Å². The molecule has 1 saturated heterocycles. The zero-order valence-electron chi connectivity index (χ0n) is 13.9. The van der Waals surface area contributed by atoms with E-state index in [0.717, 1.165) is 5.56 Å². The van der Waals surface area contributed by atoms with Gasteiger partial charge in [0.15, 0.2) is 0 Å². The summed E-state index contributed by atoms with van der Waals surface area (Å²) in [6.45, 7) is 2.15. The Balaban J connectivity index is 1.61. The number of primary amides is 1. The molecule has 3 N–H and O–H groups in total. The summed E-state index contributed by atoms with van der Waals surface area (Å²) in [5.74, 6) is -0.742. The van der Waals surface area contributed by atoms with Crippen molar-refractivity contribution in [3.8, 4) is 0 Å². The monoisotopic (exact) mass is 339 g/mol. The van der Waals surface area contributed by atoms with E-state index in [1.807, 2.05) is 35.2 Å². The molecule has 0 aliphatic carbocycles. The van der Waals surface area contributed by atoms with Crippen molar-refractivity contribution in [3.63, 3.8) is 0 Å². The molecular weight excluding hydrogens is 318 g/mol. The van der Waals surface area contributed by atoms with Crippen LogP contribution in [0.3, 0.4) is 0 Å². The first kappa shape index (κ1) is 17.1. The number of para-hydroxylation sites is 1. The Morgan fingerprint density at radius 3 is 2.60 bits per heavy atom. The Kier molecular flexibility index (Phi) is 5.42. The first-order chi connectivity index (χ1) is 12.1. The minimum absolute atomic E-state index is 0.0411. The van der Waals surface area contributed by atoms with Crippen molar-refractivity contribution in [1.82, 2.24) is 4.90 Å². The topological polar surface area (TPSA) is 84.7 Å². The van der Waals surface area contributed by atoms with Gasteiger partial charge in [0.25, 0.3) is 5.91 Å². The average Bonchev–Trinajstić information content (AvgIpc) is 2.63. The molecule has 1 fully saturated rings. The summed E-state index contributed by atoms with van der Waals surface area (Å²) in [4.78, 5) is 25.8. The molecule has 2 aromatic carbocycles. The fourth-order valence-corrected chi connectivity index (χ4v) is 2.92. The highest BCUT2D eigenvalue weighted by atomic mass is 16.5. The average molecular weight is 339 g/mol. The van der Waals surface area contributed by atoms with Gasteiger partial charge in [-0.25, -0.2) is 0 Å². The predicted molar refractivity (Wildman–Crippen MR) is 95.2 cm³/mol. The molecule has 6 heteroatoms. The summed E-state index contributed by atoms with van der Waals surface area (Å²) >= 11 is 0. The largest absolute Gasteiger partial charge is 0.371 e. The zero-order chi connectivity index (χ0) is 17.6. The Hall–Kier alpha value is -2.70. The molecular formula is C19H21N3O3. The van der Waals surface area contributed by atoms with Crippen LogP contribution in [-0.2, 0) is 9.53 Å². The fourth-order valence-electron chi connectivity index (χ4n) is 2.92. The van der Waals surface area contributed by atoms with E-state index in [1.165, 1.54) is 0 Å². The molecule has 1 heterocycles. The highest BCUT2D eigenvalue weighted by Gasteiger charge is 2.23. The standard InChI is InChI=1S/C19H21N3O3/c20-19(24)15-8-4-5-9-16(15)21-18(23)13-22-10-11-25-17(12-22)14-6-2-1-3-7-14/h1-9,17H,10-13H2,(H2,20,24)(H,21,23). The van der Waals surface area contributed by atoms with Gasteiger partial charge in [0.1, 0.15) is 0 Å². The first-order valence-electron chi connectivity index (χ1n) is 8.21. The van der Waals surface area contributed by atoms with Crippen molar-refractivity contribution >= 4 is 17.5 Å². The van der Waals surface area contributed by atoms with Crippen LogP contribution in [0.15, 0.2) is 54.6 Å². The van der Waals surface area contributed by atoms with E-state index < -0.39 is 5.91 Å². The number of nitrogens with zero attached hydrogens (tertiary/aromatic N) is 1. The van der Waals surface area contributed by atoms with E-state index in [1.54, 1.807) is 24.3 Å². The maximum absolute atomic E-state index is 12.4. The van der Waals surface area contributed by atoms with Gasteiger partial charge in [-0.15, -0.1) is 0 Å². The van der Waals surface area contributed by atoms with Crippen molar-refractivity contribution in [1.29, 1.82) is 0 Å². The van der Waals surface area contributed by atoms with E-state index in [4.69, 9.17) is 10.5 Å². The highest BCUT2D eigenvalue weighted by molar-refractivity contribution is 6.03. The molecule has 1 unspecified atom stereocenters. The second kappa shape index (κ2) is 7.92. The molecule has 0 bridgehead atoms. The molecule has 0 spiro atoms. The quantitative estimate of drug-likeness (QED) is 0.870. The number of anilines is 1. The van der Waals surface area contributed by atoms with Gasteiger partial charge in [0.2, 0.25) is 5.91 Å². The molecule has 0 radical (unpaired) electrons. The maximum atomic E-state index is 12.4. The third kappa shape index (κ3) is 4.43. The number of hydrogen-bond acceptors (Lipinski definition) is 4. The van der Waals surface area contributed by atoms with Gasteiger partial charge in [-0.05, 0) is 17.7 Å². The summed E-state index contributed by atoms with van der Waals surface area (Å²) in [5.41, 5.74) is 7.19. The molecule has 25 heavy (non-hydrogen) atoms. The van der Waals surface area contributed by atoms with Crippen LogP contribution in [0.5, 0.6) is 0 Å². The lowest BCUT2D eigenvalue weighted by molar-refractivity contribution is -0.119. The second-order valence-electron chi connectivity index (χ2n) is 5.96. The summed E-state index contributed by atoms with van der Waals surface area (Å²) in [6, 6.07) is 16.7. The van der Waals surface area contributed by atoms with Crippen LogP contribution in [0, 0.1) is 0 Å². The predicted octanol–water partition coefficient (Wildman–Crippen LogP) is 1.80. The molecule has 0 saturated carbocycles. The summed E-state index contributed by atoms with van der Waals surface area (Å²) in [7, 11) is 0. The number of nitrogens with one attached hydrogen (secondary N) is 1. The molecule has 2 amide bonds. The second-order valence-corrected chi connectivity index (χ2v) is 5.96. The Morgan fingerprint density at radius 2 is 1.84 bits per heavy atom. The van der Waals surface area contributed by atoms with E-state index in [2.05, 4.69) is 5.32 Å². The van der Waals surface area contributed by atoms with Gasteiger partial charge >= 0.3 is 0 Å². The van der Waals surface area contributed by atoms with E-state index in [0.29, 0.717) is 30.9 Å². The van der Waals surface area contributed by atoms with Crippen molar-refractivity contribution in [2.75, 3.05) is 31.6 Å². The van der Waals surface area contributed by atoms with Crippen LogP contribution in [-0.4, -0.2) is 43.0 Å². The van der Waals surface area contributed by atoms with E-state index >= 15 is 0 Å². The molecule has 2 aromatic rings. The zero-order valence-corrected chi connectivity index (χ0v) is 13.9. The molecule has 3 rings (SSSR count).